The lowest BCUT2D eigenvalue weighted by Gasteiger charge is -2.40. The van der Waals surface area contributed by atoms with Crippen molar-refractivity contribution in [2.75, 3.05) is 6.61 Å². The Bertz CT molecular complexity index is 1160. The Hall–Kier alpha value is -3.39. The van der Waals surface area contributed by atoms with E-state index in [2.05, 4.69) is 9.69 Å². The number of fused-ring (bicyclic) bond motifs is 5. The summed E-state index contributed by atoms with van der Waals surface area (Å²) >= 11 is 0. The van der Waals surface area contributed by atoms with Crippen molar-refractivity contribution in [3.05, 3.63) is 56.8 Å². The van der Waals surface area contributed by atoms with Crippen molar-refractivity contribution in [3.63, 3.8) is 0 Å². The van der Waals surface area contributed by atoms with Crippen molar-refractivity contribution >= 4 is 17.8 Å². The van der Waals surface area contributed by atoms with Crippen LogP contribution in [-0.2, 0) is 19.1 Å². The van der Waals surface area contributed by atoms with Crippen molar-refractivity contribution < 1.29 is 23.9 Å². The first-order valence-corrected chi connectivity index (χ1v) is 12.1. The summed E-state index contributed by atoms with van der Waals surface area (Å²) in [4.78, 5) is 47.2. The Morgan fingerprint density at radius 1 is 1.20 bits per heavy atom. The summed E-state index contributed by atoms with van der Waals surface area (Å²) in [5.74, 6) is -0.957. The average Bonchev–Trinajstić information content (AvgIpc) is 3.22. The van der Waals surface area contributed by atoms with Crippen LogP contribution in [0.1, 0.15) is 66.7 Å². The highest BCUT2D eigenvalue weighted by Gasteiger charge is 2.62. The molecular formula is C27H31N3O5. The number of ether oxygens (including phenoxy) is 2. The largest absolute Gasteiger partial charge is 0.510 e. The van der Waals surface area contributed by atoms with E-state index in [1.165, 1.54) is 6.92 Å². The Morgan fingerprint density at radius 3 is 2.46 bits per heavy atom. The molecule has 4 rings (SSSR count). The molecule has 2 bridgehead atoms. The number of esters is 1. The molecule has 184 valence electrons. The summed E-state index contributed by atoms with van der Waals surface area (Å²) in [5.41, 5.74) is 1.47. The zero-order valence-corrected chi connectivity index (χ0v) is 20.9. The van der Waals surface area contributed by atoms with Gasteiger partial charge in [-0.2, -0.15) is 0 Å². The van der Waals surface area contributed by atoms with Gasteiger partial charge in [-0.3, -0.25) is 14.5 Å². The fourth-order valence-electron chi connectivity index (χ4n) is 6.05. The minimum Gasteiger partial charge on any atom is -0.461 e. The molecule has 4 aliphatic rings. The normalized spacial score (nSPS) is 26.8. The molecule has 0 N–H and O–H groups in total. The molecule has 0 aromatic rings. The van der Waals surface area contributed by atoms with Gasteiger partial charge in [0.25, 0.3) is 0 Å². The van der Waals surface area contributed by atoms with Gasteiger partial charge in [0.1, 0.15) is 24.2 Å². The maximum Gasteiger partial charge on any atom is 0.510 e. The maximum atomic E-state index is 13.2. The number of carbonyl (C=O) groups excluding carboxylic acids is 3. The van der Waals surface area contributed by atoms with Crippen LogP contribution in [0.4, 0.5) is 4.79 Å². The second-order valence-electron chi connectivity index (χ2n) is 10.6. The lowest BCUT2D eigenvalue weighted by molar-refractivity contribution is -0.140. The minimum absolute atomic E-state index is 0.0788. The summed E-state index contributed by atoms with van der Waals surface area (Å²) in [7, 11) is 0. The number of allylic oxidation sites excluding steroid dienone is 1. The predicted molar refractivity (Wildman–Crippen MR) is 128 cm³/mol. The fourth-order valence-corrected chi connectivity index (χ4v) is 6.05. The summed E-state index contributed by atoms with van der Waals surface area (Å²) in [6, 6.07) is -0.478. The zero-order chi connectivity index (χ0) is 25.7. The molecular weight excluding hydrogens is 446 g/mol. The number of rotatable bonds is 3. The number of hydrogen-bond donors (Lipinski definition) is 0. The van der Waals surface area contributed by atoms with Gasteiger partial charge in [0.2, 0.25) is 0 Å². The molecule has 0 spiro atoms. The lowest BCUT2D eigenvalue weighted by atomic mass is 9.75. The Kier molecular flexibility index (Phi) is 6.13. The Balaban J connectivity index is 1.90. The molecule has 0 radical (unpaired) electrons. The quantitative estimate of drug-likeness (QED) is 0.332. The van der Waals surface area contributed by atoms with Crippen molar-refractivity contribution in [2.45, 2.75) is 90.1 Å². The molecule has 0 unspecified atom stereocenters. The molecule has 3 atom stereocenters. The predicted octanol–water partition coefficient (Wildman–Crippen LogP) is 4.79. The second kappa shape index (κ2) is 8.68. The standard InChI is InChI=1S/C27H31N3O5/c1-8-17-18-12-23(32)20(14-34-15(2)31)19(18)13-27(28-6,29-7)21-11-16-9-10-22(24(17)21)30(16)25(33)35-26(3,4)5/h11,16,22,24H,8-10,12-14H2,1-5H3/t16-,22+,24-/m1/s1. The van der Waals surface area contributed by atoms with Gasteiger partial charge in [-0.1, -0.05) is 12.5 Å². The van der Waals surface area contributed by atoms with E-state index in [0.29, 0.717) is 17.6 Å². The molecule has 8 heteroatoms. The first-order valence-electron chi connectivity index (χ1n) is 12.1. The molecule has 1 amide bonds. The summed E-state index contributed by atoms with van der Waals surface area (Å²) in [6.07, 6.45) is 3.87. The molecule has 2 aliphatic carbocycles. The number of Topliss-reactive ketones (excluding diaryl/α,β-unsaturated/α-hetero) is 1. The van der Waals surface area contributed by atoms with Gasteiger partial charge in [-0.15, -0.1) is 0 Å². The molecule has 35 heavy (non-hydrogen) atoms. The van der Waals surface area contributed by atoms with E-state index in [1.54, 1.807) is 4.90 Å². The van der Waals surface area contributed by atoms with E-state index in [-0.39, 0.29) is 43.2 Å². The van der Waals surface area contributed by atoms with E-state index in [4.69, 9.17) is 22.6 Å². The number of ketones is 1. The fraction of sp³-hybridized carbons (Fsp3) is 0.593. The molecule has 2 aliphatic heterocycles. The molecule has 0 aromatic carbocycles. The number of amides is 1. The van der Waals surface area contributed by atoms with Gasteiger partial charge in [0.05, 0.1) is 6.04 Å². The first-order chi connectivity index (χ1) is 16.5. The SMILES string of the molecule is [C-]#[N+]C1([N+]#[C-])CC2=C(COC(C)=O)C(=O)CC2=C(CC)[C@@H]2C1=C[C@H]1CC[C@@H]2N1C(=O)OC(C)(C)C. The van der Waals surface area contributed by atoms with Crippen LogP contribution in [0.2, 0.25) is 0 Å². The smallest absolute Gasteiger partial charge is 0.461 e. The van der Waals surface area contributed by atoms with Crippen LogP contribution in [0.15, 0.2) is 33.9 Å². The third kappa shape index (κ3) is 4.05. The van der Waals surface area contributed by atoms with Crippen LogP contribution in [0, 0.1) is 19.1 Å². The summed E-state index contributed by atoms with van der Waals surface area (Å²) < 4.78 is 10.9. The van der Waals surface area contributed by atoms with E-state index in [1.807, 2.05) is 33.8 Å². The molecule has 0 saturated carbocycles. The molecule has 1 fully saturated rings. The number of nitrogens with zero attached hydrogens (tertiary/aromatic N) is 3. The van der Waals surface area contributed by atoms with Crippen LogP contribution in [-0.4, -0.2) is 52.7 Å². The van der Waals surface area contributed by atoms with E-state index in [0.717, 1.165) is 29.6 Å². The van der Waals surface area contributed by atoms with Gasteiger partial charge in [-0.25, -0.2) is 27.6 Å². The first kappa shape index (κ1) is 24.7. The van der Waals surface area contributed by atoms with Crippen LogP contribution in [0.3, 0.4) is 0 Å². The third-order valence-corrected chi connectivity index (χ3v) is 7.39. The Labute approximate surface area is 206 Å². The molecule has 0 aromatic heterocycles. The third-order valence-electron chi connectivity index (χ3n) is 7.39. The summed E-state index contributed by atoms with van der Waals surface area (Å²) in [6.45, 7) is 24.8. The van der Waals surface area contributed by atoms with Crippen LogP contribution >= 0.6 is 0 Å². The molecule has 2 heterocycles. The van der Waals surface area contributed by atoms with Crippen LogP contribution < -0.4 is 0 Å². The van der Waals surface area contributed by atoms with E-state index < -0.39 is 23.3 Å². The monoisotopic (exact) mass is 477 g/mol. The van der Waals surface area contributed by atoms with Gasteiger partial charge in [-0.05, 0) is 57.3 Å². The van der Waals surface area contributed by atoms with Crippen molar-refractivity contribution in [3.8, 4) is 0 Å². The van der Waals surface area contributed by atoms with Gasteiger partial charge in [0, 0.05) is 30.9 Å². The van der Waals surface area contributed by atoms with Crippen molar-refractivity contribution in [1.82, 2.24) is 4.90 Å². The highest BCUT2D eigenvalue weighted by molar-refractivity contribution is 6.03. The topological polar surface area (TPSA) is 81.6 Å². The van der Waals surface area contributed by atoms with Crippen molar-refractivity contribution in [2.24, 2.45) is 5.92 Å². The van der Waals surface area contributed by atoms with E-state index in [9.17, 15) is 14.4 Å². The van der Waals surface area contributed by atoms with Crippen LogP contribution in [0.5, 0.6) is 0 Å². The molecule has 8 nitrogen and oxygen atoms in total. The number of carbonyl (C=O) groups is 3. The van der Waals surface area contributed by atoms with Gasteiger partial charge >= 0.3 is 17.7 Å². The van der Waals surface area contributed by atoms with Crippen LogP contribution in [0.25, 0.3) is 9.69 Å². The summed E-state index contributed by atoms with van der Waals surface area (Å²) in [5, 5.41) is 0. The van der Waals surface area contributed by atoms with E-state index >= 15 is 0 Å². The average molecular weight is 478 g/mol. The van der Waals surface area contributed by atoms with Crippen molar-refractivity contribution in [1.29, 1.82) is 0 Å². The highest BCUT2D eigenvalue weighted by atomic mass is 16.6. The molecule has 1 saturated heterocycles. The maximum absolute atomic E-state index is 13.2. The second-order valence-corrected chi connectivity index (χ2v) is 10.6. The lowest BCUT2D eigenvalue weighted by Crippen LogP contribution is -2.51. The van der Waals surface area contributed by atoms with Gasteiger partial charge < -0.3 is 9.47 Å². The minimum atomic E-state index is -1.50. The zero-order valence-electron chi connectivity index (χ0n) is 20.9. The highest BCUT2D eigenvalue weighted by Crippen LogP contribution is 2.55. The van der Waals surface area contributed by atoms with Gasteiger partial charge in [0.15, 0.2) is 5.78 Å². The number of hydrogen-bond acceptors (Lipinski definition) is 5. The Morgan fingerprint density at radius 2 is 1.89 bits per heavy atom.